The number of halogens is 2. The molecule has 1 aliphatic heterocycles. The van der Waals surface area contributed by atoms with Gasteiger partial charge in [0.05, 0.1) is 30.0 Å². The van der Waals surface area contributed by atoms with E-state index in [1.54, 1.807) is 36.0 Å². The smallest absolute Gasteiger partial charge is 0.321 e. The number of carbonyl (C=O) groups excluding carboxylic acids is 2. The molecule has 46 heavy (non-hydrogen) atoms. The van der Waals surface area contributed by atoms with E-state index in [2.05, 4.69) is 15.7 Å². The van der Waals surface area contributed by atoms with Crippen LogP contribution < -0.4 is 20.1 Å². The fourth-order valence-corrected chi connectivity index (χ4v) is 5.19. The molecule has 1 aliphatic rings. The predicted molar refractivity (Wildman–Crippen MR) is 168 cm³/mol. The zero-order valence-electron chi connectivity index (χ0n) is 25.3. The Morgan fingerprint density at radius 2 is 1.83 bits per heavy atom. The van der Waals surface area contributed by atoms with Crippen molar-refractivity contribution in [1.29, 1.82) is 0 Å². The maximum atomic E-state index is 13.5. The molecule has 2 N–H and O–H groups in total. The monoisotopic (exact) mass is 626 g/mol. The van der Waals surface area contributed by atoms with Crippen LogP contribution in [-0.4, -0.2) is 47.0 Å². The van der Waals surface area contributed by atoms with Gasteiger partial charge in [0.15, 0.2) is 6.79 Å². The number of hydrogen-bond acceptors (Lipinski definition) is 6. The molecule has 0 saturated carbocycles. The van der Waals surface area contributed by atoms with Crippen molar-refractivity contribution in [2.45, 2.75) is 39.0 Å². The SMILES string of the molecule is C[C@@H](COc1cc2cnn(-c3cccc(C(=O)NCc4ccccc4)c3)c2cc1-c1cccc2c1OCOC2)NC(=O)C(C)(F)F. The lowest BCUT2D eigenvalue weighted by molar-refractivity contribution is -0.143. The average Bonchev–Trinajstić information content (AvgIpc) is 3.48. The number of amides is 2. The van der Waals surface area contributed by atoms with Crippen molar-refractivity contribution in [3.63, 3.8) is 0 Å². The van der Waals surface area contributed by atoms with Gasteiger partial charge in [-0.05, 0) is 42.8 Å². The molecular weight excluding hydrogens is 594 g/mol. The van der Waals surface area contributed by atoms with Gasteiger partial charge in [0.25, 0.3) is 11.8 Å². The number of nitrogens with one attached hydrogen (secondary N) is 2. The Morgan fingerprint density at radius 1 is 1.02 bits per heavy atom. The van der Waals surface area contributed by atoms with Crippen molar-refractivity contribution in [2.24, 2.45) is 0 Å². The van der Waals surface area contributed by atoms with Crippen molar-refractivity contribution in [2.75, 3.05) is 13.4 Å². The van der Waals surface area contributed by atoms with Crippen molar-refractivity contribution in [3.8, 4) is 28.3 Å². The van der Waals surface area contributed by atoms with Gasteiger partial charge in [-0.3, -0.25) is 9.59 Å². The summed E-state index contributed by atoms with van der Waals surface area (Å²) in [4.78, 5) is 24.9. The van der Waals surface area contributed by atoms with Gasteiger partial charge in [-0.25, -0.2) is 4.68 Å². The van der Waals surface area contributed by atoms with E-state index in [0.717, 1.165) is 27.6 Å². The molecule has 0 fully saturated rings. The van der Waals surface area contributed by atoms with Gasteiger partial charge in [-0.1, -0.05) is 54.6 Å². The normalized spacial score (nSPS) is 13.4. The number of fused-ring (bicyclic) bond motifs is 2. The van der Waals surface area contributed by atoms with E-state index < -0.39 is 17.9 Å². The summed E-state index contributed by atoms with van der Waals surface area (Å²) in [6.45, 7) is 2.95. The highest BCUT2D eigenvalue weighted by Gasteiger charge is 2.33. The lowest BCUT2D eigenvalue weighted by atomic mass is 9.99. The van der Waals surface area contributed by atoms with Gasteiger partial charge in [0.1, 0.15) is 18.1 Å². The molecule has 0 radical (unpaired) electrons. The van der Waals surface area contributed by atoms with Crippen LogP contribution in [0.3, 0.4) is 0 Å². The van der Waals surface area contributed by atoms with Crippen LogP contribution in [0.4, 0.5) is 8.78 Å². The topological polar surface area (TPSA) is 104 Å². The third-order valence-electron chi connectivity index (χ3n) is 7.51. The average molecular weight is 627 g/mol. The summed E-state index contributed by atoms with van der Waals surface area (Å²) in [5.41, 5.74) is 5.17. The van der Waals surface area contributed by atoms with Gasteiger partial charge >= 0.3 is 5.92 Å². The summed E-state index contributed by atoms with van der Waals surface area (Å²) < 4.78 is 46.2. The molecule has 0 spiro atoms. The summed E-state index contributed by atoms with van der Waals surface area (Å²) in [7, 11) is 0. The Labute approximate surface area is 264 Å². The third kappa shape index (κ3) is 6.69. The first-order chi connectivity index (χ1) is 22.2. The van der Waals surface area contributed by atoms with Crippen molar-refractivity contribution < 1.29 is 32.6 Å². The van der Waals surface area contributed by atoms with E-state index in [1.165, 1.54) is 0 Å². The second-order valence-corrected chi connectivity index (χ2v) is 11.2. The fraction of sp³-hybridized carbons (Fsp3) is 0.229. The summed E-state index contributed by atoms with van der Waals surface area (Å²) in [6, 6.07) is 25.6. The van der Waals surface area contributed by atoms with Crippen LogP contribution in [0.5, 0.6) is 11.5 Å². The number of ether oxygens (including phenoxy) is 3. The Hall–Kier alpha value is -5.29. The minimum Gasteiger partial charge on any atom is -0.491 e. The third-order valence-corrected chi connectivity index (χ3v) is 7.51. The zero-order valence-corrected chi connectivity index (χ0v) is 25.3. The van der Waals surface area contributed by atoms with Crippen LogP contribution in [0.2, 0.25) is 0 Å². The standard InChI is InChI=1S/C35H32F2N4O5/c1-22(40-34(43)35(2,36)37)19-45-31-15-26-18-39-41(30(26)16-29(31)28-13-7-11-25-20-44-21-46-32(25)28)27-12-6-10-24(14-27)33(42)38-17-23-8-4-3-5-9-23/h3-16,18,22H,17,19-21H2,1-2H3,(H,38,42)(H,40,43)/t22-/m0/s1. The molecule has 6 rings (SSSR count). The number of nitrogens with zero attached hydrogens (tertiary/aromatic N) is 2. The maximum Gasteiger partial charge on any atom is 0.321 e. The molecular formula is C35H32F2N4O5. The molecule has 5 aromatic rings. The van der Waals surface area contributed by atoms with Crippen molar-refractivity contribution >= 4 is 22.7 Å². The van der Waals surface area contributed by atoms with Gasteiger partial charge in [0, 0.05) is 41.1 Å². The van der Waals surface area contributed by atoms with Crippen molar-refractivity contribution in [3.05, 3.63) is 108 Å². The summed E-state index contributed by atoms with van der Waals surface area (Å²) in [5, 5.41) is 10.6. The molecule has 0 saturated heterocycles. The van der Waals surface area contributed by atoms with E-state index >= 15 is 0 Å². The molecule has 0 bridgehead atoms. The highest BCUT2D eigenvalue weighted by Crippen LogP contribution is 2.42. The second kappa shape index (κ2) is 13.0. The van der Waals surface area contributed by atoms with E-state index in [1.807, 2.05) is 66.7 Å². The zero-order chi connectivity index (χ0) is 32.3. The van der Waals surface area contributed by atoms with Crippen LogP contribution in [0.25, 0.3) is 27.7 Å². The number of benzene rings is 4. The van der Waals surface area contributed by atoms with Crippen LogP contribution in [-0.2, 0) is 22.7 Å². The Morgan fingerprint density at radius 3 is 2.63 bits per heavy atom. The van der Waals surface area contributed by atoms with Gasteiger partial charge < -0.3 is 24.8 Å². The van der Waals surface area contributed by atoms with E-state index in [9.17, 15) is 18.4 Å². The lowest BCUT2D eigenvalue weighted by Gasteiger charge is -2.23. The predicted octanol–water partition coefficient (Wildman–Crippen LogP) is 6.03. The summed E-state index contributed by atoms with van der Waals surface area (Å²) >= 11 is 0. The first-order valence-electron chi connectivity index (χ1n) is 14.8. The molecule has 9 nitrogen and oxygen atoms in total. The molecule has 0 aliphatic carbocycles. The fourth-order valence-electron chi connectivity index (χ4n) is 5.19. The number of para-hydroxylation sites is 1. The molecule has 4 aromatic carbocycles. The lowest BCUT2D eigenvalue weighted by Crippen LogP contribution is -2.44. The van der Waals surface area contributed by atoms with Crippen molar-refractivity contribution in [1.82, 2.24) is 20.4 Å². The molecule has 2 heterocycles. The number of rotatable bonds is 10. The first-order valence-corrected chi connectivity index (χ1v) is 14.8. The van der Waals surface area contributed by atoms with Crippen LogP contribution in [0, 0.1) is 0 Å². The molecule has 236 valence electrons. The number of aromatic nitrogens is 2. The van der Waals surface area contributed by atoms with Gasteiger partial charge in [-0.15, -0.1) is 0 Å². The van der Waals surface area contributed by atoms with Crippen LogP contribution in [0.1, 0.15) is 35.3 Å². The highest BCUT2D eigenvalue weighted by molar-refractivity contribution is 5.95. The summed E-state index contributed by atoms with van der Waals surface area (Å²) in [6.07, 6.45) is 1.68. The summed E-state index contributed by atoms with van der Waals surface area (Å²) in [5.74, 6) is -3.99. The number of alkyl halides is 2. The molecule has 11 heteroatoms. The van der Waals surface area contributed by atoms with E-state index in [-0.39, 0.29) is 19.3 Å². The van der Waals surface area contributed by atoms with Crippen LogP contribution in [0.15, 0.2) is 91.1 Å². The maximum absolute atomic E-state index is 13.5. The minimum atomic E-state index is -3.50. The van der Waals surface area contributed by atoms with E-state index in [4.69, 9.17) is 14.2 Å². The van der Waals surface area contributed by atoms with Gasteiger partial charge in [0.2, 0.25) is 0 Å². The quantitative estimate of drug-likeness (QED) is 0.196. The number of carbonyl (C=O) groups is 2. The number of hydrogen-bond donors (Lipinski definition) is 2. The van der Waals surface area contributed by atoms with E-state index in [0.29, 0.717) is 48.4 Å². The minimum absolute atomic E-state index is 0.0619. The second-order valence-electron chi connectivity index (χ2n) is 11.2. The van der Waals surface area contributed by atoms with Gasteiger partial charge in [-0.2, -0.15) is 13.9 Å². The molecule has 2 amide bonds. The Bertz CT molecular complexity index is 1890. The van der Waals surface area contributed by atoms with Crippen LogP contribution >= 0.6 is 0 Å². The Kier molecular flexibility index (Phi) is 8.67. The largest absolute Gasteiger partial charge is 0.491 e. The molecule has 1 aromatic heterocycles. The first kappa shape index (κ1) is 30.7. The highest BCUT2D eigenvalue weighted by atomic mass is 19.3. The molecule has 0 unspecified atom stereocenters. The molecule has 1 atom stereocenters. The Balaban J connectivity index is 1.34.